The van der Waals surface area contributed by atoms with E-state index in [1.165, 1.54) is 0 Å². The normalized spacial score (nSPS) is 10.8. The smallest absolute Gasteiger partial charge is 0.340 e. The molecular weight excluding hydrogens is 326 g/mol. The van der Waals surface area contributed by atoms with E-state index in [1.54, 1.807) is 6.20 Å². The third-order valence-electron chi connectivity index (χ3n) is 4.26. The van der Waals surface area contributed by atoms with Crippen LogP contribution in [-0.4, -0.2) is 21.2 Å². The highest BCUT2D eigenvalue weighted by atomic mass is 16.5. The number of benzene rings is 2. The van der Waals surface area contributed by atoms with Gasteiger partial charge in [-0.05, 0) is 18.1 Å². The highest BCUT2D eigenvalue weighted by Gasteiger charge is 2.22. The van der Waals surface area contributed by atoms with Crippen molar-refractivity contribution in [2.75, 3.05) is 0 Å². The predicted molar refractivity (Wildman–Crippen MR) is 99.6 cm³/mol. The van der Waals surface area contributed by atoms with E-state index < -0.39 is 0 Å². The Morgan fingerprint density at radius 1 is 1.04 bits per heavy atom. The highest BCUT2D eigenvalue weighted by Crippen LogP contribution is 2.32. The number of rotatable bonds is 4. The standard InChI is InChI=1S/C21H17N3O2/c1-14-18(21(25)26-13-15-8-4-2-5-9-15)19(16-10-6-3-7-11-16)17-12-22-24-20(17)23-14/h2-12H,13H2,1H3,(H,22,23,24). The van der Waals surface area contributed by atoms with Gasteiger partial charge in [0.25, 0.3) is 0 Å². The number of nitrogens with one attached hydrogen (secondary N) is 1. The lowest BCUT2D eigenvalue weighted by molar-refractivity contribution is 0.0472. The van der Waals surface area contributed by atoms with Crippen LogP contribution in [0.15, 0.2) is 66.9 Å². The average molecular weight is 343 g/mol. The number of aryl methyl sites for hydroxylation is 1. The molecule has 5 heteroatoms. The number of fused-ring (bicyclic) bond motifs is 1. The zero-order valence-corrected chi connectivity index (χ0v) is 14.3. The van der Waals surface area contributed by atoms with Gasteiger partial charge < -0.3 is 4.74 Å². The van der Waals surface area contributed by atoms with E-state index in [4.69, 9.17) is 4.74 Å². The third-order valence-corrected chi connectivity index (χ3v) is 4.26. The molecule has 2 aromatic carbocycles. The summed E-state index contributed by atoms with van der Waals surface area (Å²) < 4.78 is 5.57. The molecule has 0 atom stereocenters. The molecular formula is C21H17N3O2. The van der Waals surface area contributed by atoms with Crippen LogP contribution in [0.3, 0.4) is 0 Å². The van der Waals surface area contributed by atoms with Crippen molar-refractivity contribution in [1.82, 2.24) is 15.2 Å². The number of hydrogen-bond acceptors (Lipinski definition) is 4. The van der Waals surface area contributed by atoms with Crippen molar-refractivity contribution in [2.24, 2.45) is 0 Å². The van der Waals surface area contributed by atoms with Gasteiger partial charge in [0, 0.05) is 10.9 Å². The van der Waals surface area contributed by atoms with Gasteiger partial charge in [-0.3, -0.25) is 5.10 Å². The lowest BCUT2D eigenvalue weighted by atomic mass is 9.96. The summed E-state index contributed by atoms with van der Waals surface area (Å²) in [7, 11) is 0. The van der Waals surface area contributed by atoms with Crippen molar-refractivity contribution in [1.29, 1.82) is 0 Å². The van der Waals surface area contributed by atoms with Gasteiger partial charge in [-0.25, -0.2) is 9.78 Å². The van der Waals surface area contributed by atoms with Gasteiger partial charge in [0.1, 0.15) is 6.61 Å². The second-order valence-corrected chi connectivity index (χ2v) is 6.01. The lowest BCUT2D eigenvalue weighted by Gasteiger charge is -2.13. The SMILES string of the molecule is Cc1nc2[nH]ncc2c(-c2ccccc2)c1C(=O)OCc1ccccc1. The minimum atomic E-state index is -0.388. The van der Waals surface area contributed by atoms with Gasteiger partial charge >= 0.3 is 5.97 Å². The summed E-state index contributed by atoms with van der Waals surface area (Å²) in [6.45, 7) is 2.03. The molecule has 0 aliphatic heterocycles. The molecule has 128 valence electrons. The van der Waals surface area contributed by atoms with Gasteiger partial charge in [-0.2, -0.15) is 5.10 Å². The molecule has 26 heavy (non-hydrogen) atoms. The summed E-state index contributed by atoms with van der Waals surface area (Å²) in [4.78, 5) is 17.4. The third kappa shape index (κ3) is 2.95. The molecule has 0 saturated carbocycles. The molecule has 1 N–H and O–H groups in total. The minimum absolute atomic E-state index is 0.219. The van der Waals surface area contributed by atoms with Crippen molar-refractivity contribution >= 4 is 17.0 Å². The van der Waals surface area contributed by atoms with Crippen LogP contribution in [0.4, 0.5) is 0 Å². The number of aromatic nitrogens is 3. The van der Waals surface area contributed by atoms with Crippen molar-refractivity contribution in [3.63, 3.8) is 0 Å². The van der Waals surface area contributed by atoms with Crippen LogP contribution in [0, 0.1) is 6.92 Å². The number of nitrogens with zero attached hydrogens (tertiary/aromatic N) is 2. The molecule has 0 amide bonds. The van der Waals surface area contributed by atoms with Gasteiger partial charge in [0.2, 0.25) is 0 Å². The maximum absolute atomic E-state index is 12.9. The van der Waals surface area contributed by atoms with Crippen LogP contribution in [0.2, 0.25) is 0 Å². The second-order valence-electron chi connectivity index (χ2n) is 6.01. The number of carbonyl (C=O) groups is 1. The molecule has 4 aromatic rings. The summed E-state index contributed by atoms with van der Waals surface area (Å²) in [5.41, 5.74) is 4.40. The number of ether oxygens (including phenoxy) is 1. The fraction of sp³-hybridized carbons (Fsp3) is 0.0952. The fourth-order valence-electron chi connectivity index (χ4n) is 3.04. The first kappa shape index (κ1) is 16.0. The summed E-state index contributed by atoms with van der Waals surface area (Å²) >= 11 is 0. The van der Waals surface area contributed by atoms with Crippen LogP contribution in [0.5, 0.6) is 0 Å². The highest BCUT2D eigenvalue weighted by molar-refractivity contribution is 6.07. The molecule has 0 unspecified atom stereocenters. The Hall–Kier alpha value is -3.47. The fourth-order valence-corrected chi connectivity index (χ4v) is 3.04. The number of aromatic amines is 1. The van der Waals surface area contributed by atoms with E-state index in [0.717, 1.165) is 22.1 Å². The first-order valence-electron chi connectivity index (χ1n) is 8.34. The largest absolute Gasteiger partial charge is 0.457 e. The minimum Gasteiger partial charge on any atom is -0.457 e. The van der Waals surface area contributed by atoms with Gasteiger partial charge in [-0.15, -0.1) is 0 Å². The maximum Gasteiger partial charge on any atom is 0.340 e. The molecule has 0 spiro atoms. The van der Waals surface area contributed by atoms with E-state index in [9.17, 15) is 4.79 Å². The topological polar surface area (TPSA) is 67.9 Å². The Morgan fingerprint density at radius 3 is 2.46 bits per heavy atom. The molecule has 0 aliphatic carbocycles. The number of H-pyrrole nitrogens is 1. The monoisotopic (exact) mass is 343 g/mol. The summed E-state index contributed by atoms with van der Waals surface area (Å²) in [6.07, 6.45) is 1.69. The Kier molecular flexibility index (Phi) is 4.19. The Morgan fingerprint density at radius 2 is 1.73 bits per heavy atom. The van der Waals surface area contributed by atoms with Crippen LogP contribution < -0.4 is 0 Å². The molecule has 2 aromatic heterocycles. The summed E-state index contributed by atoms with van der Waals surface area (Å²) in [6, 6.07) is 19.4. The molecule has 0 radical (unpaired) electrons. The zero-order chi connectivity index (χ0) is 17.9. The quantitative estimate of drug-likeness (QED) is 0.561. The predicted octanol–water partition coefficient (Wildman–Crippen LogP) is 4.29. The van der Waals surface area contributed by atoms with Gasteiger partial charge in [0.15, 0.2) is 5.65 Å². The molecule has 0 bridgehead atoms. The second kappa shape index (κ2) is 6.80. The van der Waals surface area contributed by atoms with Crippen LogP contribution in [0.1, 0.15) is 21.6 Å². The van der Waals surface area contributed by atoms with Gasteiger partial charge in [-0.1, -0.05) is 60.7 Å². The maximum atomic E-state index is 12.9. The average Bonchev–Trinajstić information content (AvgIpc) is 3.14. The van der Waals surface area contributed by atoms with E-state index in [0.29, 0.717) is 16.9 Å². The number of carbonyl (C=O) groups excluding carboxylic acids is 1. The molecule has 2 heterocycles. The summed E-state index contributed by atoms with van der Waals surface area (Å²) in [5.74, 6) is -0.388. The van der Waals surface area contributed by atoms with E-state index in [-0.39, 0.29) is 12.6 Å². The van der Waals surface area contributed by atoms with Crippen molar-refractivity contribution in [3.05, 3.63) is 83.7 Å². The van der Waals surface area contributed by atoms with E-state index >= 15 is 0 Å². The lowest BCUT2D eigenvalue weighted by Crippen LogP contribution is -2.10. The zero-order valence-electron chi connectivity index (χ0n) is 14.3. The first-order valence-corrected chi connectivity index (χ1v) is 8.34. The van der Waals surface area contributed by atoms with Crippen LogP contribution in [0.25, 0.3) is 22.2 Å². The number of hydrogen-bond donors (Lipinski definition) is 1. The molecule has 0 aliphatic rings. The van der Waals surface area contributed by atoms with Crippen LogP contribution in [-0.2, 0) is 11.3 Å². The van der Waals surface area contributed by atoms with E-state index in [1.807, 2.05) is 67.6 Å². The van der Waals surface area contributed by atoms with Crippen molar-refractivity contribution in [3.8, 4) is 11.1 Å². The van der Waals surface area contributed by atoms with Crippen LogP contribution >= 0.6 is 0 Å². The van der Waals surface area contributed by atoms with Gasteiger partial charge in [0.05, 0.1) is 17.5 Å². The first-order chi connectivity index (χ1) is 12.7. The molecule has 5 nitrogen and oxygen atoms in total. The number of esters is 1. The Labute approximate surface area is 150 Å². The summed E-state index contributed by atoms with van der Waals surface area (Å²) in [5, 5.41) is 7.76. The Bertz CT molecular complexity index is 1060. The number of pyridine rings is 1. The molecule has 4 rings (SSSR count). The van der Waals surface area contributed by atoms with Crippen molar-refractivity contribution < 1.29 is 9.53 Å². The van der Waals surface area contributed by atoms with Crippen molar-refractivity contribution in [2.45, 2.75) is 13.5 Å². The molecule has 0 fully saturated rings. The molecule has 0 saturated heterocycles. The van der Waals surface area contributed by atoms with E-state index in [2.05, 4.69) is 15.2 Å². The Balaban J connectivity index is 1.78.